The number of phenols is 1. The highest BCUT2D eigenvalue weighted by molar-refractivity contribution is 8.24. The zero-order chi connectivity index (χ0) is 15.0. The molecule has 0 saturated heterocycles. The first-order valence-electron chi connectivity index (χ1n) is 6.81. The third-order valence-corrected chi connectivity index (χ3v) is 5.82. The maximum absolute atomic E-state index is 10.5. The molecule has 0 bridgehead atoms. The number of benzene rings is 2. The number of phenolic OH excluding ortho intramolecular Hbond substituents is 1. The molecule has 0 amide bonds. The van der Waals surface area contributed by atoms with Crippen molar-refractivity contribution in [2.45, 2.75) is 23.3 Å². The summed E-state index contributed by atoms with van der Waals surface area (Å²) in [6, 6.07) is 13.8. The van der Waals surface area contributed by atoms with Crippen LogP contribution in [0.1, 0.15) is 23.5 Å². The molecule has 5 heteroatoms. The van der Waals surface area contributed by atoms with E-state index < -0.39 is 16.7 Å². The molecule has 21 heavy (non-hydrogen) atoms. The molecular weight excluding hydrogens is 288 g/mol. The van der Waals surface area contributed by atoms with Crippen LogP contribution in [-0.4, -0.2) is 31.2 Å². The summed E-state index contributed by atoms with van der Waals surface area (Å²) in [6.45, 7) is 0. The first-order chi connectivity index (χ1) is 9.99. The zero-order valence-corrected chi connectivity index (χ0v) is 12.2. The standard InChI is InChI=1S/C16H18O4S/c17-12-7-5-11(6-8-12)16-13-3-1-2-4-15(13)21(19,20)10-9-14(16)18/h1-8,14,16-20H,9-10H2. The van der Waals surface area contributed by atoms with Crippen LogP contribution in [0.3, 0.4) is 0 Å². The number of hydrogen-bond acceptors (Lipinski definition) is 4. The van der Waals surface area contributed by atoms with Crippen LogP contribution < -0.4 is 0 Å². The molecule has 4 N–H and O–H groups in total. The zero-order valence-electron chi connectivity index (χ0n) is 11.4. The van der Waals surface area contributed by atoms with Crippen LogP contribution in [0.4, 0.5) is 0 Å². The van der Waals surface area contributed by atoms with Gasteiger partial charge in [0, 0.05) is 11.7 Å². The molecule has 2 aromatic rings. The van der Waals surface area contributed by atoms with E-state index in [1.54, 1.807) is 36.4 Å². The second kappa shape index (κ2) is 5.35. The molecule has 2 atom stereocenters. The molecule has 2 unspecified atom stereocenters. The van der Waals surface area contributed by atoms with Crippen molar-refractivity contribution in [2.24, 2.45) is 0 Å². The summed E-state index contributed by atoms with van der Waals surface area (Å²) in [7, 11) is -2.87. The van der Waals surface area contributed by atoms with Gasteiger partial charge in [0.1, 0.15) is 5.75 Å². The molecule has 4 nitrogen and oxygen atoms in total. The number of aliphatic hydroxyl groups excluding tert-OH is 1. The Morgan fingerprint density at radius 1 is 0.952 bits per heavy atom. The number of hydrogen-bond donors (Lipinski definition) is 4. The lowest BCUT2D eigenvalue weighted by molar-refractivity contribution is 0.153. The normalized spacial score (nSPS) is 25.7. The monoisotopic (exact) mass is 306 g/mol. The van der Waals surface area contributed by atoms with Crippen molar-refractivity contribution in [2.75, 3.05) is 5.75 Å². The molecule has 0 saturated carbocycles. The summed E-state index contributed by atoms with van der Waals surface area (Å²) in [6.07, 6.45) is -0.368. The first kappa shape index (κ1) is 14.4. The summed E-state index contributed by atoms with van der Waals surface area (Å²) in [5.74, 6) is 0.00894. The van der Waals surface area contributed by atoms with E-state index in [0.29, 0.717) is 11.3 Å². The Kier molecular flexibility index (Phi) is 3.67. The van der Waals surface area contributed by atoms with Crippen molar-refractivity contribution in [3.05, 3.63) is 59.7 Å². The van der Waals surface area contributed by atoms with Gasteiger partial charge in [-0.2, -0.15) is 10.6 Å². The Morgan fingerprint density at radius 3 is 2.33 bits per heavy atom. The molecule has 0 radical (unpaired) electrons. The average Bonchev–Trinajstić information content (AvgIpc) is 2.57. The van der Waals surface area contributed by atoms with Gasteiger partial charge in [-0.25, -0.2) is 0 Å². The fourth-order valence-electron chi connectivity index (χ4n) is 2.89. The first-order valence-corrected chi connectivity index (χ1v) is 8.52. The predicted octanol–water partition coefficient (Wildman–Crippen LogP) is 3.40. The lowest BCUT2D eigenvalue weighted by Gasteiger charge is -2.32. The van der Waals surface area contributed by atoms with Gasteiger partial charge in [0.2, 0.25) is 0 Å². The summed E-state index contributed by atoms with van der Waals surface area (Å²) >= 11 is 0. The van der Waals surface area contributed by atoms with Crippen LogP contribution in [0.2, 0.25) is 0 Å². The van der Waals surface area contributed by atoms with Crippen molar-refractivity contribution >= 4 is 10.6 Å². The van der Waals surface area contributed by atoms with Crippen LogP contribution in [0.15, 0.2) is 53.4 Å². The number of aromatic hydroxyl groups is 1. The van der Waals surface area contributed by atoms with Gasteiger partial charge >= 0.3 is 0 Å². The Hall–Kier alpha value is -1.53. The van der Waals surface area contributed by atoms with Gasteiger partial charge < -0.3 is 10.2 Å². The predicted molar refractivity (Wildman–Crippen MR) is 83.0 cm³/mol. The van der Waals surface area contributed by atoms with Gasteiger partial charge in [0.15, 0.2) is 0 Å². The van der Waals surface area contributed by atoms with Crippen molar-refractivity contribution < 1.29 is 19.3 Å². The maximum Gasteiger partial charge on any atom is 0.115 e. The maximum atomic E-state index is 10.5. The average molecular weight is 306 g/mol. The number of aliphatic hydroxyl groups is 1. The third kappa shape index (κ3) is 2.65. The minimum absolute atomic E-state index is 0.166. The minimum Gasteiger partial charge on any atom is -0.508 e. The van der Waals surface area contributed by atoms with Crippen LogP contribution in [0.25, 0.3) is 0 Å². The summed E-state index contributed by atoms with van der Waals surface area (Å²) < 4.78 is 20.6. The van der Waals surface area contributed by atoms with E-state index >= 15 is 0 Å². The van der Waals surface area contributed by atoms with E-state index in [-0.39, 0.29) is 17.4 Å². The van der Waals surface area contributed by atoms with E-state index in [1.807, 2.05) is 12.1 Å². The van der Waals surface area contributed by atoms with Crippen LogP contribution in [0, 0.1) is 0 Å². The molecule has 0 spiro atoms. The van der Waals surface area contributed by atoms with Crippen LogP contribution in [0.5, 0.6) is 5.75 Å². The van der Waals surface area contributed by atoms with Crippen molar-refractivity contribution in [1.82, 2.24) is 0 Å². The summed E-state index contributed by atoms with van der Waals surface area (Å²) in [5.41, 5.74) is 1.60. The molecule has 1 heterocycles. The van der Waals surface area contributed by atoms with Crippen molar-refractivity contribution in [3.8, 4) is 5.75 Å². The van der Waals surface area contributed by atoms with Crippen LogP contribution in [-0.2, 0) is 0 Å². The van der Waals surface area contributed by atoms with Gasteiger partial charge in [-0.15, -0.1) is 0 Å². The Labute approximate surface area is 125 Å². The van der Waals surface area contributed by atoms with E-state index in [1.165, 1.54) is 0 Å². The van der Waals surface area contributed by atoms with Crippen molar-refractivity contribution in [3.63, 3.8) is 0 Å². The van der Waals surface area contributed by atoms with Gasteiger partial charge in [0.25, 0.3) is 0 Å². The number of fused-ring (bicyclic) bond motifs is 1. The second-order valence-electron chi connectivity index (χ2n) is 5.33. The molecule has 112 valence electrons. The van der Waals surface area contributed by atoms with E-state index in [0.717, 1.165) is 11.1 Å². The Balaban J connectivity index is 2.16. The van der Waals surface area contributed by atoms with Gasteiger partial charge in [-0.3, -0.25) is 9.11 Å². The van der Waals surface area contributed by atoms with E-state index in [9.17, 15) is 19.3 Å². The smallest absolute Gasteiger partial charge is 0.115 e. The molecule has 0 aromatic heterocycles. The SMILES string of the molecule is Oc1ccc(C2c3ccccc3S(O)(O)CCC2O)cc1. The highest BCUT2D eigenvalue weighted by Gasteiger charge is 2.34. The molecular formula is C16H18O4S. The minimum atomic E-state index is -2.87. The lowest BCUT2D eigenvalue weighted by Crippen LogP contribution is -2.19. The highest BCUT2D eigenvalue weighted by Crippen LogP contribution is 2.55. The largest absolute Gasteiger partial charge is 0.508 e. The van der Waals surface area contributed by atoms with Gasteiger partial charge in [0.05, 0.1) is 11.0 Å². The Bertz CT molecular complexity index is 639. The summed E-state index contributed by atoms with van der Waals surface area (Å²) in [4.78, 5) is 0.514. The Morgan fingerprint density at radius 2 is 1.62 bits per heavy atom. The molecule has 1 aliphatic heterocycles. The highest BCUT2D eigenvalue weighted by atomic mass is 32.3. The molecule has 2 aromatic carbocycles. The molecule has 3 rings (SSSR count). The van der Waals surface area contributed by atoms with E-state index in [4.69, 9.17) is 0 Å². The molecule has 0 fully saturated rings. The van der Waals surface area contributed by atoms with Crippen LogP contribution >= 0.6 is 10.6 Å². The summed E-state index contributed by atoms with van der Waals surface area (Å²) in [5, 5.41) is 19.9. The third-order valence-electron chi connectivity index (χ3n) is 3.94. The van der Waals surface area contributed by atoms with Gasteiger partial charge in [-0.1, -0.05) is 30.3 Å². The molecule has 1 aliphatic rings. The van der Waals surface area contributed by atoms with E-state index in [2.05, 4.69) is 0 Å². The number of rotatable bonds is 1. The fourth-order valence-corrected chi connectivity index (χ4v) is 4.55. The fraction of sp³-hybridized carbons (Fsp3) is 0.250. The molecule has 0 aliphatic carbocycles. The second-order valence-corrected chi connectivity index (χ2v) is 7.52. The van der Waals surface area contributed by atoms with Crippen molar-refractivity contribution in [1.29, 1.82) is 0 Å². The topological polar surface area (TPSA) is 80.9 Å². The quantitative estimate of drug-likeness (QED) is 0.651. The van der Waals surface area contributed by atoms with Gasteiger partial charge in [-0.05, 0) is 35.7 Å². The lowest BCUT2D eigenvalue weighted by atomic mass is 9.85.